The van der Waals surface area contributed by atoms with Crippen LogP contribution in [-0.4, -0.2) is 19.1 Å². The molecule has 1 rings (SSSR count). The highest BCUT2D eigenvalue weighted by molar-refractivity contribution is 5.85. The van der Waals surface area contributed by atoms with Crippen molar-refractivity contribution >= 4 is 18.3 Å². The molecule has 2 atom stereocenters. The lowest BCUT2D eigenvalue weighted by Gasteiger charge is -2.17. The van der Waals surface area contributed by atoms with Crippen LogP contribution in [0.2, 0.25) is 0 Å². The molecule has 120 valence electrons. The summed E-state index contributed by atoms with van der Waals surface area (Å²) in [5, 5.41) is 2.96. The SMILES string of the molecule is CC(C)COc1ccc(C(C)NC(=O)C(C)CN)cc1.Cl. The maximum Gasteiger partial charge on any atom is 0.224 e. The molecule has 0 aliphatic heterocycles. The van der Waals surface area contributed by atoms with E-state index in [0.717, 1.165) is 11.3 Å². The van der Waals surface area contributed by atoms with Gasteiger partial charge < -0.3 is 15.8 Å². The third kappa shape index (κ3) is 6.82. The third-order valence-electron chi connectivity index (χ3n) is 3.12. The molecule has 0 aromatic heterocycles. The molecule has 0 saturated heterocycles. The number of ether oxygens (including phenoxy) is 1. The smallest absolute Gasteiger partial charge is 0.224 e. The fraction of sp³-hybridized carbons (Fsp3) is 0.562. The van der Waals surface area contributed by atoms with E-state index in [1.165, 1.54) is 0 Å². The summed E-state index contributed by atoms with van der Waals surface area (Å²) in [5.74, 6) is 1.19. The molecule has 1 amide bonds. The fourth-order valence-electron chi connectivity index (χ4n) is 1.66. The van der Waals surface area contributed by atoms with Crippen LogP contribution in [0, 0.1) is 11.8 Å². The molecule has 2 unspecified atom stereocenters. The Bertz CT molecular complexity index is 421. The van der Waals surface area contributed by atoms with Crippen LogP contribution < -0.4 is 15.8 Å². The first-order valence-electron chi connectivity index (χ1n) is 7.17. The van der Waals surface area contributed by atoms with Crippen molar-refractivity contribution in [3.8, 4) is 5.75 Å². The molecule has 21 heavy (non-hydrogen) atoms. The average Bonchev–Trinajstić information content (AvgIpc) is 2.44. The summed E-state index contributed by atoms with van der Waals surface area (Å²) in [4.78, 5) is 11.8. The molecule has 0 spiro atoms. The topological polar surface area (TPSA) is 64.3 Å². The Kier molecular flexibility index (Phi) is 9.06. The van der Waals surface area contributed by atoms with Crippen LogP contribution in [0.5, 0.6) is 5.75 Å². The predicted octanol–water partition coefficient (Wildman–Crippen LogP) is 2.92. The van der Waals surface area contributed by atoms with Crippen LogP contribution in [-0.2, 0) is 4.79 Å². The van der Waals surface area contributed by atoms with Gasteiger partial charge in [0.15, 0.2) is 0 Å². The predicted molar refractivity (Wildman–Crippen MR) is 88.8 cm³/mol. The van der Waals surface area contributed by atoms with Crippen LogP contribution in [0.3, 0.4) is 0 Å². The second-order valence-corrected chi connectivity index (χ2v) is 5.64. The Hall–Kier alpha value is -1.26. The normalized spacial score (nSPS) is 13.2. The van der Waals surface area contributed by atoms with E-state index in [2.05, 4.69) is 19.2 Å². The molecule has 0 aliphatic rings. The summed E-state index contributed by atoms with van der Waals surface area (Å²) in [6, 6.07) is 7.80. The highest BCUT2D eigenvalue weighted by Gasteiger charge is 2.14. The van der Waals surface area contributed by atoms with E-state index in [4.69, 9.17) is 10.5 Å². The lowest BCUT2D eigenvalue weighted by molar-refractivity contribution is -0.124. The number of nitrogens with one attached hydrogen (secondary N) is 1. The lowest BCUT2D eigenvalue weighted by atomic mass is 10.1. The van der Waals surface area contributed by atoms with Crippen molar-refractivity contribution in [3.63, 3.8) is 0 Å². The van der Waals surface area contributed by atoms with Crippen LogP contribution >= 0.6 is 12.4 Å². The molecule has 0 fully saturated rings. The lowest BCUT2D eigenvalue weighted by Crippen LogP contribution is -2.34. The Balaban J connectivity index is 0.00000400. The van der Waals surface area contributed by atoms with Gasteiger partial charge in [0.1, 0.15) is 5.75 Å². The largest absolute Gasteiger partial charge is 0.493 e. The number of halogens is 1. The van der Waals surface area contributed by atoms with Gasteiger partial charge in [0.25, 0.3) is 0 Å². The highest BCUT2D eigenvalue weighted by atomic mass is 35.5. The Labute approximate surface area is 133 Å². The zero-order valence-electron chi connectivity index (χ0n) is 13.3. The van der Waals surface area contributed by atoms with E-state index in [-0.39, 0.29) is 30.3 Å². The maximum absolute atomic E-state index is 11.8. The van der Waals surface area contributed by atoms with Crippen molar-refractivity contribution in [1.29, 1.82) is 0 Å². The molecule has 0 heterocycles. The zero-order valence-corrected chi connectivity index (χ0v) is 14.1. The fourth-order valence-corrected chi connectivity index (χ4v) is 1.66. The second kappa shape index (κ2) is 9.64. The minimum absolute atomic E-state index is 0. The van der Waals surface area contributed by atoms with E-state index in [0.29, 0.717) is 19.1 Å². The standard InChI is InChI=1S/C16H26N2O2.ClH/c1-11(2)10-20-15-7-5-14(6-8-15)13(4)18-16(19)12(3)9-17;/h5-8,11-13H,9-10,17H2,1-4H3,(H,18,19);1H. The number of rotatable bonds is 7. The van der Waals surface area contributed by atoms with Gasteiger partial charge in [-0.05, 0) is 30.5 Å². The summed E-state index contributed by atoms with van der Waals surface area (Å²) >= 11 is 0. The van der Waals surface area contributed by atoms with Crippen LogP contribution in [0.25, 0.3) is 0 Å². The maximum atomic E-state index is 11.8. The van der Waals surface area contributed by atoms with Crippen LogP contribution in [0.4, 0.5) is 0 Å². The molecule has 0 bridgehead atoms. The van der Waals surface area contributed by atoms with Crippen LogP contribution in [0.15, 0.2) is 24.3 Å². The molecular weight excluding hydrogens is 288 g/mol. The van der Waals surface area contributed by atoms with E-state index in [1.54, 1.807) is 0 Å². The van der Waals surface area contributed by atoms with Gasteiger partial charge in [-0.1, -0.05) is 32.9 Å². The molecule has 1 aromatic carbocycles. The molecule has 3 N–H and O–H groups in total. The average molecular weight is 315 g/mol. The van der Waals surface area contributed by atoms with E-state index >= 15 is 0 Å². The first-order valence-corrected chi connectivity index (χ1v) is 7.17. The molecule has 4 nitrogen and oxygen atoms in total. The van der Waals surface area contributed by atoms with Gasteiger partial charge in [0.05, 0.1) is 12.6 Å². The van der Waals surface area contributed by atoms with Crippen molar-refractivity contribution in [1.82, 2.24) is 5.32 Å². The van der Waals surface area contributed by atoms with Gasteiger partial charge in [0.2, 0.25) is 5.91 Å². The second-order valence-electron chi connectivity index (χ2n) is 5.64. The summed E-state index contributed by atoms with van der Waals surface area (Å²) in [6.07, 6.45) is 0. The first-order chi connectivity index (χ1) is 9.43. The number of benzene rings is 1. The van der Waals surface area contributed by atoms with Crippen molar-refractivity contribution in [2.24, 2.45) is 17.6 Å². The molecule has 0 saturated carbocycles. The monoisotopic (exact) mass is 314 g/mol. The summed E-state index contributed by atoms with van der Waals surface area (Å²) in [7, 11) is 0. The summed E-state index contributed by atoms with van der Waals surface area (Å²) < 4.78 is 5.63. The quantitative estimate of drug-likeness (QED) is 0.813. The molecular formula is C16H27ClN2O2. The molecule has 5 heteroatoms. The van der Waals surface area contributed by atoms with Crippen molar-refractivity contribution in [2.45, 2.75) is 33.7 Å². The number of carbonyl (C=O) groups excluding carboxylic acids is 1. The number of hydrogen-bond donors (Lipinski definition) is 2. The van der Waals surface area contributed by atoms with Gasteiger partial charge in [-0.3, -0.25) is 4.79 Å². The number of carbonyl (C=O) groups is 1. The number of hydrogen-bond acceptors (Lipinski definition) is 3. The first kappa shape index (κ1) is 19.7. The minimum atomic E-state index is -0.161. The number of amides is 1. The van der Waals surface area contributed by atoms with Gasteiger partial charge in [0, 0.05) is 12.5 Å². The van der Waals surface area contributed by atoms with Gasteiger partial charge >= 0.3 is 0 Å². The zero-order chi connectivity index (χ0) is 15.1. The third-order valence-corrected chi connectivity index (χ3v) is 3.12. The van der Waals surface area contributed by atoms with Gasteiger partial charge in [-0.15, -0.1) is 12.4 Å². The Morgan fingerprint density at radius 1 is 1.19 bits per heavy atom. The van der Waals surface area contributed by atoms with Crippen LogP contribution in [0.1, 0.15) is 39.3 Å². The van der Waals surface area contributed by atoms with Crippen molar-refractivity contribution in [2.75, 3.05) is 13.2 Å². The van der Waals surface area contributed by atoms with Crippen molar-refractivity contribution in [3.05, 3.63) is 29.8 Å². The van der Waals surface area contributed by atoms with Crippen molar-refractivity contribution < 1.29 is 9.53 Å². The van der Waals surface area contributed by atoms with E-state index in [9.17, 15) is 4.79 Å². The number of nitrogens with two attached hydrogens (primary N) is 1. The molecule has 0 aliphatic carbocycles. The Morgan fingerprint density at radius 2 is 1.76 bits per heavy atom. The summed E-state index contributed by atoms with van der Waals surface area (Å²) in [5.41, 5.74) is 6.54. The van der Waals surface area contributed by atoms with Gasteiger partial charge in [-0.25, -0.2) is 0 Å². The van der Waals surface area contributed by atoms with E-state index < -0.39 is 0 Å². The molecule has 1 aromatic rings. The Morgan fingerprint density at radius 3 is 2.24 bits per heavy atom. The van der Waals surface area contributed by atoms with Gasteiger partial charge in [-0.2, -0.15) is 0 Å². The molecule has 0 radical (unpaired) electrons. The minimum Gasteiger partial charge on any atom is -0.493 e. The van der Waals surface area contributed by atoms with E-state index in [1.807, 2.05) is 38.1 Å². The highest BCUT2D eigenvalue weighted by Crippen LogP contribution is 2.18. The summed E-state index contributed by atoms with van der Waals surface area (Å²) in [6.45, 7) is 9.09.